The summed E-state index contributed by atoms with van der Waals surface area (Å²) in [6.07, 6.45) is 0. The van der Waals surface area contributed by atoms with Crippen molar-refractivity contribution in [3.63, 3.8) is 0 Å². The lowest BCUT2D eigenvalue weighted by Gasteiger charge is -2.10. The van der Waals surface area contributed by atoms with E-state index in [1.54, 1.807) is 36.4 Å². The standard InChI is InChI=1S/C23H17FN2O3/c24-17-8-4-7-16(12-17)22(29)20(21(28)15-6-3-5-14(11-15)13-27)23-25-18-9-1-2-10-19(18)26-23/h1-12,27-28H,13H2,(H,25,26)/b21-20+. The molecule has 6 heteroatoms. The van der Waals surface area contributed by atoms with Gasteiger partial charge in [-0.2, -0.15) is 0 Å². The highest BCUT2D eigenvalue weighted by Gasteiger charge is 2.24. The number of aromatic nitrogens is 2. The molecule has 0 fully saturated rings. The zero-order valence-corrected chi connectivity index (χ0v) is 15.3. The predicted molar refractivity (Wildman–Crippen MR) is 109 cm³/mol. The minimum absolute atomic E-state index is 0.0816. The van der Waals surface area contributed by atoms with Crippen LogP contribution in [0.4, 0.5) is 4.39 Å². The van der Waals surface area contributed by atoms with Crippen molar-refractivity contribution in [3.05, 3.63) is 101 Å². The van der Waals surface area contributed by atoms with Gasteiger partial charge in [0, 0.05) is 11.1 Å². The number of benzene rings is 3. The highest BCUT2D eigenvalue weighted by Crippen LogP contribution is 2.28. The number of rotatable bonds is 5. The maximum Gasteiger partial charge on any atom is 0.200 e. The summed E-state index contributed by atoms with van der Waals surface area (Å²) >= 11 is 0. The number of Topliss-reactive ketones (excluding diaryl/α,β-unsaturated/α-hetero) is 1. The van der Waals surface area contributed by atoms with E-state index in [1.807, 2.05) is 12.1 Å². The van der Waals surface area contributed by atoms with Crippen LogP contribution in [0.1, 0.15) is 27.3 Å². The van der Waals surface area contributed by atoms with Crippen molar-refractivity contribution in [1.82, 2.24) is 9.97 Å². The topological polar surface area (TPSA) is 86.2 Å². The molecule has 0 saturated heterocycles. The fraction of sp³-hybridized carbons (Fsp3) is 0.0435. The van der Waals surface area contributed by atoms with Gasteiger partial charge in [0.25, 0.3) is 0 Å². The van der Waals surface area contributed by atoms with E-state index in [0.717, 1.165) is 6.07 Å². The van der Waals surface area contributed by atoms with E-state index in [1.165, 1.54) is 18.2 Å². The number of fused-ring (bicyclic) bond motifs is 1. The number of ketones is 1. The number of H-pyrrole nitrogens is 1. The van der Waals surface area contributed by atoms with Crippen molar-refractivity contribution in [2.45, 2.75) is 6.61 Å². The van der Waals surface area contributed by atoms with Crippen LogP contribution in [0.5, 0.6) is 0 Å². The van der Waals surface area contributed by atoms with Gasteiger partial charge >= 0.3 is 0 Å². The Kier molecular flexibility index (Phi) is 4.93. The van der Waals surface area contributed by atoms with Gasteiger partial charge in [0.1, 0.15) is 23.0 Å². The molecule has 1 aromatic heterocycles. The summed E-state index contributed by atoms with van der Waals surface area (Å²) in [4.78, 5) is 20.7. The van der Waals surface area contributed by atoms with E-state index in [2.05, 4.69) is 9.97 Å². The van der Waals surface area contributed by atoms with Crippen LogP contribution in [0.25, 0.3) is 22.4 Å². The smallest absolute Gasteiger partial charge is 0.200 e. The van der Waals surface area contributed by atoms with Gasteiger partial charge in [-0.3, -0.25) is 4.79 Å². The second-order valence-electron chi connectivity index (χ2n) is 6.52. The Labute approximate surface area is 165 Å². The molecule has 0 aliphatic rings. The van der Waals surface area contributed by atoms with Gasteiger partial charge in [0.05, 0.1) is 17.6 Å². The summed E-state index contributed by atoms with van der Waals surface area (Å²) in [6, 6.07) is 19.1. The number of halogens is 1. The Morgan fingerprint density at radius 3 is 2.48 bits per heavy atom. The van der Waals surface area contributed by atoms with Crippen LogP contribution in [0.15, 0.2) is 72.8 Å². The Balaban J connectivity index is 1.94. The number of carbonyl (C=O) groups excluding carboxylic acids is 1. The molecule has 29 heavy (non-hydrogen) atoms. The molecule has 0 aliphatic heterocycles. The lowest BCUT2D eigenvalue weighted by atomic mass is 9.98. The first-order chi connectivity index (χ1) is 14.1. The van der Waals surface area contributed by atoms with E-state index in [9.17, 15) is 19.4 Å². The first-order valence-electron chi connectivity index (χ1n) is 8.95. The van der Waals surface area contributed by atoms with Crippen LogP contribution < -0.4 is 0 Å². The summed E-state index contributed by atoms with van der Waals surface area (Å²) in [5.41, 5.74) is 2.26. The summed E-state index contributed by atoms with van der Waals surface area (Å²) in [7, 11) is 0. The first-order valence-corrected chi connectivity index (χ1v) is 8.95. The van der Waals surface area contributed by atoms with E-state index >= 15 is 0 Å². The molecule has 1 heterocycles. The molecule has 144 valence electrons. The second kappa shape index (κ2) is 7.69. The Bertz CT molecular complexity index is 1210. The largest absolute Gasteiger partial charge is 0.506 e. The van der Waals surface area contributed by atoms with Gasteiger partial charge in [-0.05, 0) is 35.9 Å². The summed E-state index contributed by atoms with van der Waals surface area (Å²) in [5.74, 6) is -1.27. The molecule has 5 nitrogen and oxygen atoms in total. The average molecular weight is 388 g/mol. The van der Waals surface area contributed by atoms with Crippen molar-refractivity contribution in [1.29, 1.82) is 0 Å². The molecule has 0 aliphatic carbocycles. The maximum atomic E-state index is 13.7. The molecular formula is C23H17FN2O3. The van der Waals surface area contributed by atoms with Crippen molar-refractivity contribution >= 4 is 28.1 Å². The van der Waals surface area contributed by atoms with Crippen LogP contribution >= 0.6 is 0 Å². The number of aliphatic hydroxyl groups excluding tert-OH is 2. The third-order valence-electron chi connectivity index (χ3n) is 4.56. The van der Waals surface area contributed by atoms with Gasteiger partial charge in [0.15, 0.2) is 0 Å². The molecule has 0 bridgehead atoms. The molecule has 4 aromatic rings. The molecule has 0 amide bonds. The number of nitrogens with zero attached hydrogens (tertiary/aromatic N) is 1. The fourth-order valence-corrected chi connectivity index (χ4v) is 3.13. The van der Waals surface area contributed by atoms with Gasteiger partial charge in [-0.25, -0.2) is 9.37 Å². The summed E-state index contributed by atoms with van der Waals surface area (Å²) in [6.45, 7) is -0.209. The molecule has 0 radical (unpaired) electrons. The monoisotopic (exact) mass is 388 g/mol. The third kappa shape index (κ3) is 3.66. The number of aliphatic hydroxyl groups is 2. The minimum Gasteiger partial charge on any atom is -0.506 e. The number of allylic oxidation sites excluding steroid dienone is 1. The average Bonchev–Trinajstić information content (AvgIpc) is 3.17. The maximum absolute atomic E-state index is 13.7. The number of para-hydroxylation sites is 2. The van der Waals surface area contributed by atoms with Gasteiger partial charge in [-0.15, -0.1) is 0 Å². The molecule has 0 atom stereocenters. The molecule has 0 unspecified atom stereocenters. The minimum atomic E-state index is -0.574. The highest BCUT2D eigenvalue weighted by atomic mass is 19.1. The van der Waals surface area contributed by atoms with Crippen LogP contribution in [-0.2, 0) is 6.61 Å². The van der Waals surface area contributed by atoms with E-state index < -0.39 is 11.6 Å². The van der Waals surface area contributed by atoms with E-state index in [0.29, 0.717) is 22.2 Å². The molecule has 0 saturated carbocycles. The Morgan fingerprint density at radius 2 is 1.72 bits per heavy atom. The number of hydrogen-bond donors (Lipinski definition) is 3. The number of nitrogens with one attached hydrogen (secondary N) is 1. The fourth-order valence-electron chi connectivity index (χ4n) is 3.13. The van der Waals surface area contributed by atoms with Crippen molar-refractivity contribution < 1.29 is 19.4 Å². The number of aromatic amines is 1. The lowest BCUT2D eigenvalue weighted by Crippen LogP contribution is -2.08. The number of hydrogen-bond acceptors (Lipinski definition) is 4. The van der Waals surface area contributed by atoms with Gasteiger partial charge in [0.2, 0.25) is 5.78 Å². The zero-order valence-electron chi connectivity index (χ0n) is 15.3. The van der Waals surface area contributed by atoms with Crippen molar-refractivity contribution in [2.24, 2.45) is 0 Å². The van der Waals surface area contributed by atoms with E-state index in [4.69, 9.17) is 0 Å². The Hall–Kier alpha value is -3.77. The molecule has 4 rings (SSSR count). The summed E-state index contributed by atoms with van der Waals surface area (Å²) < 4.78 is 13.7. The van der Waals surface area contributed by atoms with Crippen molar-refractivity contribution in [2.75, 3.05) is 0 Å². The number of carbonyl (C=O) groups is 1. The molecule has 0 spiro atoms. The quantitative estimate of drug-likeness (QED) is 0.267. The Morgan fingerprint density at radius 1 is 0.966 bits per heavy atom. The third-order valence-corrected chi connectivity index (χ3v) is 4.56. The molecule has 3 N–H and O–H groups in total. The lowest BCUT2D eigenvalue weighted by molar-refractivity contribution is 0.105. The zero-order chi connectivity index (χ0) is 20.4. The normalized spacial score (nSPS) is 12.1. The van der Waals surface area contributed by atoms with Crippen LogP contribution in [0.2, 0.25) is 0 Å². The molecule has 3 aromatic carbocycles. The molecular weight excluding hydrogens is 371 g/mol. The van der Waals surface area contributed by atoms with Gasteiger partial charge < -0.3 is 15.2 Å². The van der Waals surface area contributed by atoms with Gasteiger partial charge in [-0.1, -0.05) is 42.5 Å². The predicted octanol–water partition coefficient (Wildman–Crippen LogP) is 4.50. The number of imidazole rings is 1. The summed E-state index contributed by atoms with van der Waals surface area (Å²) in [5, 5.41) is 20.4. The van der Waals surface area contributed by atoms with Crippen LogP contribution in [0, 0.1) is 5.82 Å². The van der Waals surface area contributed by atoms with E-state index in [-0.39, 0.29) is 29.3 Å². The first kappa shape index (κ1) is 18.6. The van der Waals surface area contributed by atoms with Crippen molar-refractivity contribution in [3.8, 4) is 0 Å². The highest BCUT2D eigenvalue weighted by molar-refractivity contribution is 6.33. The second-order valence-corrected chi connectivity index (χ2v) is 6.52. The van der Waals surface area contributed by atoms with Crippen LogP contribution in [-0.4, -0.2) is 26.0 Å². The SMILES string of the molecule is O=C(/C(=C(\O)c1cccc(CO)c1)c1nc2ccccc2[nH]1)c1cccc(F)c1. The van der Waals surface area contributed by atoms with Crippen LogP contribution in [0.3, 0.4) is 0 Å².